The molecule has 3 nitrogen and oxygen atoms in total. The van der Waals surface area contributed by atoms with Crippen LogP contribution in [0.25, 0.3) is 0 Å². The average molecular weight is 122 g/mol. The summed E-state index contributed by atoms with van der Waals surface area (Å²) in [5, 5.41) is 17.1. The summed E-state index contributed by atoms with van der Waals surface area (Å²) in [5.74, 6) is 0. The fourth-order valence-corrected chi connectivity index (χ4v) is 0.562. The molecule has 0 amide bonds. The van der Waals surface area contributed by atoms with E-state index in [0.29, 0.717) is 0 Å². The van der Waals surface area contributed by atoms with E-state index in [2.05, 4.69) is 4.74 Å². The molecule has 1 aliphatic heterocycles. The summed E-state index contributed by atoms with van der Waals surface area (Å²) in [6, 6.07) is 0. The van der Waals surface area contributed by atoms with Crippen molar-refractivity contribution in [3.8, 4) is 0 Å². The minimum absolute atomic E-state index is 0.109. The van der Waals surface area contributed by atoms with Gasteiger partial charge in [0.05, 0.1) is 6.61 Å². The third kappa shape index (κ3) is 0.819. The molecular formula is C4H7FO3. The SMILES string of the molecule is O[C@@H]1[C@H](F)OC[C@@H]1O. The summed E-state index contributed by atoms with van der Waals surface area (Å²) in [5.41, 5.74) is 0. The lowest BCUT2D eigenvalue weighted by Crippen LogP contribution is -2.26. The van der Waals surface area contributed by atoms with E-state index in [-0.39, 0.29) is 6.61 Å². The van der Waals surface area contributed by atoms with Gasteiger partial charge >= 0.3 is 0 Å². The minimum Gasteiger partial charge on any atom is -0.388 e. The van der Waals surface area contributed by atoms with E-state index >= 15 is 0 Å². The number of rotatable bonds is 0. The average Bonchev–Trinajstić information content (AvgIpc) is 1.98. The second-order valence-corrected chi connectivity index (χ2v) is 1.74. The number of hydrogen-bond acceptors (Lipinski definition) is 3. The van der Waals surface area contributed by atoms with Gasteiger partial charge in [-0.1, -0.05) is 0 Å². The summed E-state index contributed by atoms with van der Waals surface area (Å²) < 4.78 is 16.1. The predicted molar refractivity (Wildman–Crippen MR) is 22.9 cm³/mol. The van der Waals surface area contributed by atoms with Crippen molar-refractivity contribution in [1.82, 2.24) is 0 Å². The fraction of sp³-hybridized carbons (Fsp3) is 1.00. The minimum atomic E-state index is -1.70. The Balaban J connectivity index is 2.44. The Hall–Kier alpha value is -0.190. The molecule has 0 spiro atoms. The maximum atomic E-state index is 11.9. The van der Waals surface area contributed by atoms with Crippen LogP contribution in [0.4, 0.5) is 4.39 Å². The van der Waals surface area contributed by atoms with Gasteiger partial charge in [-0.25, -0.2) is 4.39 Å². The zero-order chi connectivity index (χ0) is 6.15. The molecule has 0 aromatic heterocycles. The number of halogens is 1. The molecule has 2 N–H and O–H groups in total. The molecule has 0 radical (unpaired) electrons. The van der Waals surface area contributed by atoms with Crippen LogP contribution in [0, 0.1) is 0 Å². The van der Waals surface area contributed by atoms with Gasteiger partial charge in [-0.05, 0) is 0 Å². The number of ether oxygens (including phenoxy) is 1. The first-order valence-corrected chi connectivity index (χ1v) is 2.33. The number of aliphatic hydroxyl groups excluding tert-OH is 2. The molecule has 1 aliphatic rings. The highest BCUT2D eigenvalue weighted by Crippen LogP contribution is 2.13. The Morgan fingerprint density at radius 1 is 1.50 bits per heavy atom. The summed E-state index contributed by atoms with van der Waals surface area (Å²) in [7, 11) is 0. The number of aliphatic hydroxyl groups is 2. The van der Waals surface area contributed by atoms with Gasteiger partial charge in [0.1, 0.15) is 12.2 Å². The Morgan fingerprint density at radius 2 is 2.12 bits per heavy atom. The summed E-state index contributed by atoms with van der Waals surface area (Å²) in [6.07, 6.45) is -4.11. The van der Waals surface area contributed by atoms with Gasteiger partial charge in [0.2, 0.25) is 6.36 Å². The van der Waals surface area contributed by atoms with Gasteiger partial charge in [0.25, 0.3) is 0 Å². The molecule has 0 aliphatic carbocycles. The van der Waals surface area contributed by atoms with Crippen molar-refractivity contribution in [3.63, 3.8) is 0 Å². The van der Waals surface area contributed by atoms with Crippen LogP contribution in [0.2, 0.25) is 0 Å². The smallest absolute Gasteiger partial charge is 0.227 e. The van der Waals surface area contributed by atoms with E-state index in [0.717, 1.165) is 0 Å². The molecule has 0 saturated carbocycles. The van der Waals surface area contributed by atoms with Crippen LogP contribution in [0.5, 0.6) is 0 Å². The first-order chi connectivity index (χ1) is 3.72. The maximum absolute atomic E-state index is 11.9. The highest BCUT2D eigenvalue weighted by atomic mass is 19.1. The van der Waals surface area contributed by atoms with Crippen LogP contribution in [-0.4, -0.2) is 35.4 Å². The Kier molecular flexibility index (Phi) is 1.46. The third-order valence-corrected chi connectivity index (χ3v) is 1.09. The lowest BCUT2D eigenvalue weighted by molar-refractivity contribution is -0.0544. The molecule has 1 rings (SSSR count). The Morgan fingerprint density at radius 3 is 2.25 bits per heavy atom. The zero-order valence-corrected chi connectivity index (χ0v) is 4.12. The molecule has 0 bridgehead atoms. The van der Waals surface area contributed by atoms with E-state index in [1.165, 1.54) is 0 Å². The molecule has 8 heavy (non-hydrogen) atoms. The first-order valence-electron chi connectivity index (χ1n) is 2.33. The standard InChI is InChI=1S/C4H7FO3/c5-4-3(7)2(6)1-8-4/h2-4,6-7H,1H2/t2-,3-,4+/m0/s1. The van der Waals surface area contributed by atoms with E-state index in [4.69, 9.17) is 10.2 Å². The monoisotopic (exact) mass is 122 g/mol. The van der Waals surface area contributed by atoms with Crippen molar-refractivity contribution in [3.05, 3.63) is 0 Å². The van der Waals surface area contributed by atoms with Crippen LogP contribution >= 0.6 is 0 Å². The second-order valence-electron chi connectivity index (χ2n) is 1.74. The fourth-order valence-electron chi connectivity index (χ4n) is 0.562. The van der Waals surface area contributed by atoms with Crippen LogP contribution in [0.3, 0.4) is 0 Å². The van der Waals surface area contributed by atoms with Gasteiger partial charge in [-0.15, -0.1) is 0 Å². The van der Waals surface area contributed by atoms with Crippen LogP contribution < -0.4 is 0 Å². The quantitative estimate of drug-likeness (QED) is 0.435. The van der Waals surface area contributed by atoms with Gasteiger partial charge in [0, 0.05) is 0 Å². The molecular weight excluding hydrogens is 115 g/mol. The molecule has 1 saturated heterocycles. The second kappa shape index (κ2) is 1.97. The number of hydrogen-bond donors (Lipinski definition) is 2. The largest absolute Gasteiger partial charge is 0.388 e. The van der Waals surface area contributed by atoms with Crippen molar-refractivity contribution in [2.75, 3.05) is 6.61 Å². The Labute approximate surface area is 45.7 Å². The molecule has 1 heterocycles. The van der Waals surface area contributed by atoms with Gasteiger partial charge in [-0.3, -0.25) is 0 Å². The molecule has 4 heteroatoms. The molecule has 48 valence electrons. The van der Waals surface area contributed by atoms with Crippen molar-refractivity contribution in [1.29, 1.82) is 0 Å². The zero-order valence-electron chi connectivity index (χ0n) is 4.12. The highest BCUT2D eigenvalue weighted by Gasteiger charge is 2.34. The van der Waals surface area contributed by atoms with Crippen LogP contribution in [0.1, 0.15) is 0 Å². The molecule has 0 aromatic carbocycles. The highest BCUT2D eigenvalue weighted by molar-refractivity contribution is 4.75. The lowest BCUT2D eigenvalue weighted by atomic mass is 10.3. The lowest BCUT2D eigenvalue weighted by Gasteiger charge is -2.03. The molecule has 1 fully saturated rings. The van der Waals surface area contributed by atoms with Gasteiger partial charge in [-0.2, -0.15) is 0 Å². The van der Waals surface area contributed by atoms with Crippen molar-refractivity contribution in [2.24, 2.45) is 0 Å². The van der Waals surface area contributed by atoms with E-state index in [9.17, 15) is 4.39 Å². The van der Waals surface area contributed by atoms with Gasteiger partial charge in [0.15, 0.2) is 0 Å². The van der Waals surface area contributed by atoms with Crippen molar-refractivity contribution in [2.45, 2.75) is 18.6 Å². The van der Waals surface area contributed by atoms with E-state index in [1.54, 1.807) is 0 Å². The van der Waals surface area contributed by atoms with E-state index in [1.807, 2.05) is 0 Å². The molecule has 3 atom stereocenters. The van der Waals surface area contributed by atoms with Gasteiger partial charge < -0.3 is 14.9 Å². The predicted octanol–water partition coefficient (Wildman–Crippen LogP) is -0.966. The van der Waals surface area contributed by atoms with Crippen LogP contribution in [0.15, 0.2) is 0 Å². The van der Waals surface area contributed by atoms with Crippen molar-refractivity contribution < 1.29 is 19.3 Å². The maximum Gasteiger partial charge on any atom is 0.227 e. The topological polar surface area (TPSA) is 49.7 Å². The van der Waals surface area contributed by atoms with Crippen molar-refractivity contribution >= 4 is 0 Å². The molecule has 0 unspecified atom stereocenters. The number of alkyl halides is 1. The summed E-state index contributed by atoms with van der Waals surface area (Å²) in [6.45, 7) is -0.109. The third-order valence-electron chi connectivity index (χ3n) is 1.09. The van der Waals surface area contributed by atoms with E-state index < -0.39 is 18.6 Å². The van der Waals surface area contributed by atoms with Crippen LogP contribution in [-0.2, 0) is 4.74 Å². The summed E-state index contributed by atoms with van der Waals surface area (Å²) >= 11 is 0. The first kappa shape index (κ1) is 5.94. The normalized spacial score (nSPS) is 47.6. The molecule has 0 aromatic rings. The Bertz CT molecular complexity index is 77.4. The summed E-state index contributed by atoms with van der Waals surface area (Å²) in [4.78, 5) is 0.